The smallest absolute Gasteiger partial charge is 0.343 e. The third-order valence-electron chi connectivity index (χ3n) is 4.21. The van der Waals surface area contributed by atoms with Gasteiger partial charge in [0.05, 0.1) is 16.1 Å². The van der Waals surface area contributed by atoms with Crippen LogP contribution in [0.5, 0.6) is 11.5 Å². The molecule has 0 aliphatic carbocycles. The minimum atomic E-state index is -0.692. The van der Waals surface area contributed by atoms with Crippen LogP contribution in [0.4, 0.5) is 8.78 Å². The number of halogens is 3. The van der Waals surface area contributed by atoms with Crippen LogP contribution in [0.1, 0.15) is 26.3 Å². The number of rotatable bonds is 3. The summed E-state index contributed by atoms with van der Waals surface area (Å²) in [6.07, 6.45) is 1.23. The van der Waals surface area contributed by atoms with E-state index >= 15 is 0 Å². The Labute approximate surface area is 168 Å². The molecular formula is C22H11ClF2O4. The maximum absolute atomic E-state index is 14.0. The van der Waals surface area contributed by atoms with Crippen LogP contribution in [0.25, 0.3) is 6.08 Å². The molecule has 0 fully saturated rings. The summed E-state index contributed by atoms with van der Waals surface area (Å²) in [5.41, 5.74) is 0.442. The number of carbonyl (C=O) groups excluding carboxylic acids is 2. The van der Waals surface area contributed by atoms with Crippen LogP contribution in [-0.4, -0.2) is 11.8 Å². The topological polar surface area (TPSA) is 52.6 Å². The van der Waals surface area contributed by atoms with Crippen molar-refractivity contribution in [3.63, 3.8) is 0 Å². The molecule has 1 heterocycles. The predicted octanol–water partition coefficient (Wildman–Crippen LogP) is 5.45. The van der Waals surface area contributed by atoms with E-state index < -0.39 is 23.4 Å². The van der Waals surface area contributed by atoms with E-state index in [1.807, 2.05) is 0 Å². The van der Waals surface area contributed by atoms with Crippen LogP contribution in [0.2, 0.25) is 5.02 Å². The Hall–Kier alpha value is -3.51. The summed E-state index contributed by atoms with van der Waals surface area (Å²) in [7, 11) is 0. The highest BCUT2D eigenvalue weighted by atomic mass is 35.5. The lowest BCUT2D eigenvalue weighted by Gasteiger charge is -2.06. The fourth-order valence-corrected chi connectivity index (χ4v) is 2.98. The van der Waals surface area contributed by atoms with Crippen molar-refractivity contribution < 1.29 is 27.8 Å². The quantitative estimate of drug-likeness (QED) is 0.326. The maximum Gasteiger partial charge on any atom is 0.343 e. The summed E-state index contributed by atoms with van der Waals surface area (Å²) in [6, 6.07) is 13.3. The number of Topliss-reactive ketones (excluding diaryl/α,β-unsaturated/α-hetero) is 1. The lowest BCUT2D eigenvalue weighted by atomic mass is 10.1. The van der Waals surface area contributed by atoms with E-state index in [0.717, 1.165) is 12.1 Å². The third kappa shape index (κ3) is 3.75. The lowest BCUT2D eigenvalue weighted by Crippen LogP contribution is -2.08. The molecule has 0 spiro atoms. The molecule has 1 aliphatic rings. The number of allylic oxidation sites excluding steroid dienone is 1. The second-order valence-corrected chi connectivity index (χ2v) is 6.54. The Morgan fingerprint density at radius 2 is 1.79 bits per heavy atom. The van der Waals surface area contributed by atoms with E-state index in [0.29, 0.717) is 0 Å². The van der Waals surface area contributed by atoms with Gasteiger partial charge < -0.3 is 9.47 Å². The molecule has 0 atom stereocenters. The van der Waals surface area contributed by atoms with Crippen molar-refractivity contribution in [2.45, 2.75) is 0 Å². The van der Waals surface area contributed by atoms with Gasteiger partial charge in [0.25, 0.3) is 0 Å². The Morgan fingerprint density at radius 1 is 1.03 bits per heavy atom. The molecule has 4 nitrogen and oxygen atoms in total. The second kappa shape index (κ2) is 7.48. The van der Waals surface area contributed by atoms with Gasteiger partial charge in [-0.05, 0) is 54.6 Å². The summed E-state index contributed by atoms with van der Waals surface area (Å²) in [6.45, 7) is 0. The van der Waals surface area contributed by atoms with Crippen LogP contribution in [0.3, 0.4) is 0 Å². The van der Waals surface area contributed by atoms with Crippen molar-refractivity contribution in [3.05, 3.63) is 99.8 Å². The third-order valence-corrected chi connectivity index (χ3v) is 4.54. The van der Waals surface area contributed by atoms with Gasteiger partial charge in [0.15, 0.2) is 5.76 Å². The highest BCUT2D eigenvalue weighted by Gasteiger charge is 2.28. The zero-order valence-electron chi connectivity index (χ0n) is 14.6. The molecule has 29 heavy (non-hydrogen) atoms. The van der Waals surface area contributed by atoms with Crippen molar-refractivity contribution in [1.29, 1.82) is 0 Å². The Morgan fingerprint density at radius 3 is 2.52 bits per heavy atom. The minimum Gasteiger partial charge on any atom is -0.452 e. The first-order chi connectivity index (χ1) is 13.9. The Kier molecular flexibility index (Phi) is 4.86. The zero-order valence-corrected chi connectivity index (χ0v) is 15.4. The molecule has 7 heteroatoms. The molecule has 4 rings (SSSR count). The van der Waals surface area contributed by atoms with Gasteiger partial charge in [0.1, 0.15) is 23.1 Å². The van der Waals surface area contributed by atoms with Crippen molar-refractivity contribution in [3.8, 4) is 11.5 Å². The van der Waals surface area contributed by atoms with E-state index in [1.165, 1.54) is 54.6 Å². The Balaban J connectivity index is 1.58. The van der Waals surface area contributed by atoms with Gasteiger partial charge in [-0.1, -0.05) is 17.7 Å². The number of ketones is 1. The summed E-state index contributed by atoms with van der Waals surface area (Å²) < 4.78 is 37.7. The van der Waals surface area contributed by atoms with Gasteiger partial charge in [-0.2, -0.15) is 0 Å². The fraction of sp³-hybridized carbons (Fsp3) is 0. The summed E-state index contributed by atoms with van der Waals surface area (Å²) in [4.78, 5) is 24.7. The summed E-state index contributed by atoms with van der Waals surface area (Å²) in [5, 5.41) is 0.138. The van der Waals surface area contributed by atoms with E-state index in [1.54, 1.807) is 0 Å². The van der Waals surface area contributed by atoms with Crippen molar-refractivity contribution in [2.24, 2.45) is 0 Å². The number of carbonyl (C=O) groups is 2. The SMILES string of the molecule is O=C(Oc1ccc2c(c1)OC(=Cc1c(F)cccc1Cl)C2=O)c1ccc(F)cc1. The molecule has 0 radical (unpaired) electrons. The van der Waals surface area contributed by atoms with E-state index in [4.69, 9.17) is 21.1 Å². The monoisotopic (exact) mass is 412 g/mol. The summed E-state index contributed by atoms with van der Waals surface area (Å²) >= 11 is 5.99. The molecule has 0 aromatic heterocycles. The molecule has 3 aromatic carbocycles. The first-order valence-corrected chi connectivity index (χ1v) is 8.80. The van der Waals surface area contributed by atoms with Crippen molar-refractivity contribution in [1.82, 2.24) is 0 Å². The van der Waals surface area contributed by atoms with E-state index in [-0.39, 0.29) is 39.0 Å². The van der Waals surface area contributed by atoms with Crippen molar-refractivity contribution >= 4 is 29.4 Å². The normalized spacial score (nSPS) is 13.9. The van der Waals surface area contributed by atoms with Crippen LogP contribution in [0, 0.1) is 11.6 Å². The molecule has 0 N–H and O–H groups in total. The molecule has 0 saturated heterocycles. The van der Waals surface area contributed by atoms with Gasteiger partial charge in [-0.3, -0.25) is 4.79 Å². The van der Waals surface area contributed by atoms with Crippen LogP contribution in [0.15, 0.2) is 66.4 Å². The number of esters is 1. The van der Waals surface area contributed by atoms with E-state index in [2.05, 4.69) is 0 Å². The molecule has 0 saturated carbocycles. The number of hydrogen-bond donors (Lipinski definition) is 0. The fourth-order valence-electron chi connectivity index (χ4n) is 2.76. The standard InChI is InChI=1S/C22H11ClF2O4/c23-17-2-1-3-18(25)16(17)11-20-21(26)15-9-8-14(10-19(15)29-20)28-22(27)12-4-6-13(24)7-5-12/h1-11H. The maximum atomic E-state index is 14.0. The molecule has 144 valence electrons. The van der Waals surface area contributed by atoms with Gasteiger partial charge in [-0.25, -0.2) is 13.6 Å². The van der Waals surface area contributed by atoms with Crippen LogP contribution < -0.4 is 9.47 Å². The number of ether oxygens (including phenoxy) is 2. The number of fused-ring (bicyclic) bond motifs is 1. The van der Waals surface area contributed by atoms with Crippen LogP contribution >= 0.6 is 11.6 Å². The average Bonchev–Trinajstić information content (AvgIpc) is 3.00. The second-order valence-electron chi connectivity index (χ2n) is 6.13. The molecule has 3 aromatic rings. The Bertz CT molecular complexity index is 1150. The largest absolute Gasteiger partial charge is 0.452 e. The first kappa shape index (κ1) is 18.8. The van der Waals surface area contributed by atoms with Crippen molar-refractivity contribution in [2.75, 3.05) is 0 Å². The lowest BCUT2D eigenvalue weighted by molar-refractivity contribution is 0.0734. The first-order valence-electron chi connectivity index (χ1n) is 8.42. The van der Waals surface area contributed by atoms with Gasteiger partial charge in [-0.15, -0.1) is 0 Å². The number of benzene rings is 3. The highest BCUT2D eigenvalue weighted by Crippen LogP contribution is 2.36. The molecular weight excluding hydrogens is 402 g/mol. The van der Waals surface area contributed by atoms with Crippen LogP contribution in [-0.2, 0) is 0 Å². The van der Waals surface area contributed by atoms with Gasteiger partial charge in [0.2, 0.25) is 5.78 Å². The predicted molar refractivity (Wildman–Crippen MR) is 102 cm³/mol. The molecule has 0 amide bonds. The minimum absolute atomic E-state index is 0.0354. The molecule has 0 bridgehead atoms. The highest BCUT2D eigenvalue weighted by molar-refractivity contribution is 6.32. The van der Waals surface area contributed by atoms with E-state index in [9.17, 15) is 18.4 Å². The van der Waals surface area contributed by atoms with Gasteiger partial charge >= 0.3 is 5.97 Å². The number of hydrogen-bond acceptors (Lipinski definition) is 4. The van der Waals surface area contributed by atoms with Gasteiger partial charge in [0, 0.05) is 11.6 Å². The zero-order chi connectivity index (χ0) is 20.5. The average molecular weight is 413 g/mol. The molecule has 1 aliphatic heterocycles. The molecule has 0 unspecified atom stereocenters. The summed E-state index contributed by atoms with van der Waals surface area (Å²) in [5.74, 6) is -2.01.